The zero-order chi connectivity index (χ0) is 27.1. The third-order valence-corrected chi connectivity index (χ3v) is 7.97. The number of nitrogens with one attached hydrogen (secondary N) is 1. The molecule has 5 heterocycles. The van der Waals surface area contributed by atoms with E-state index in [1.165, 1.54) is 0 Å². The zero-order valence-electron chi connectivity index (χ0n) is 23.4. The first-order valence-corrected chi connectivity index (χ1v) is 14.0. The van der Waals surface area contributed by atoms with Crippen LogP contribution in [-0.4, -0.2) is 109 Å². The highest BCUT2D eigenvalue weighted by Gasteiger charge is 2.30. The average Bonchev–Trinajstić information content (AvgIpc) is 3.54. The van der Waals surface area contributed by atoms with Crippen molar-refractivity contribution in [3.05, 3.63) is 35.9 Å². The van der Waals surface area contributed by atoms with E-state index in [9.17, 15) is 5.11 Å². The summed E-state index contributed by atoms with van der Waals surface area (Å²) in [7, 11) is 0. The summed E-state index contributed by atoms with van der Waals surface area (Å²) in [6, 6.07) is 8.15. The Labute approximate surface area is 228 Å². The fraction of sp³-hybridized carbons (Fsp3) is 0.571. The molecule has 2 fully saturated rings. The van der Waals surface area contributed by atoms with E-state index in [1.807, 2.05) is 18.2 Å². The van der Waals surface area contributed by atoms with Gasteiger partial charge >= 0.3 is 0 Å². The van der Waals surface area contributed by atoms with Gasteiger partial charge in [0, 0.05) is 50.7 Å². The molecular weight excluding hydrogens is 494 g/mol. The number of para-hydroxylation sites is 2. The van der Waals surface area contributed by atoms with Crippen LogP contribution in [0.1, 0.15) is 45.3 Å². The SMILES string of the molecule is CC(C)c1nc2ccccc2n1-c1nc(N2CCOCC2)c2nc(CN3CCN(C(C)(C)CO)CC3)[nH]c2n1. The first kappa shape index (κ1) is 26.1. The van der Waals surface area contributed by atoms with Crippen LogP contribution in [0.3, 0.4) is 0 Å². The first-order chi connectivity index (χ1) is 18.8. The minimum Gasteiger partial charge on any atom is -0.394 e. The molecule has 6 rings (SSSR count). The summed E-state index contributed by atoms with van der Waals surface area (Å²) in [5, 5.41) is 9.76. The lowest BCUT2D eigenvalue weighted by Gasteiger charge is -2.43. The molecule has 0 bridgehead atoms. The van der Waals surface area contributed by atoms with Crippen molar-refractivity contribution in [1.29, 1.82) is 0 Å². The highest BCUT2D eigenvalue weighted by atomic mass is 16.5. The average molecular weight is 534 g/mol. The van der Waals surface area contributed by atoms with Gasteiger partial charge in [-0.1, -0.05) is 26.0 Å². The second kappa shape index (κ2) is 10.5. The number of fused-ring (bicyclic) bond motifs is 2. The third kappa shape index (κ3) is 5.00. The number of H-pyrrole nitrogens is 1. The number of ether oxygens (including phenoxy) is 1. The summed E-state index contributed by atoms with van der Waals surface area (Å²) < 4.78 is 7.72. The molecule has 0 atom stereocenters. The van der Waals surface area contributed by atoms with Gasteiger partial charge in [0.2, 0.25) is 5.95 Å². The molecule has 208 valence electrons. The van der Waals surface area contributed by atoms with Gasteiger partial charge in [0.25, 0.3) is 0 Å². The molecule has 11 heteroatoms. The van der Waals surface area contributed by atoms with Crippen LogP contribution in [0.4, 0.5) is 5.82 Å². The lowest BCUT2D eigenvalue weighted by atomic mass is 10.0. The number of hydrogen-bond donors (Lipinski definition) is 2. The van der Waals surface area contributed by atoms with Crippen LogP contribution in [-0.2, 0) is 11.3 Å². The Hall–Kier alpha value is -3.12. The molecule has 4 aromatic rings. The lowest BCUT2D eigenvalue weighted by Crippen LogP contribution is -2.55. The normalized spacial score (nSPS) is 18.2. The van der Waals surface area contributed by atoms with Crippen LogP contribution < -0.4 is 4.90 Å². The standard InChI is InChI=1S/C28H39N9O2/c1-19(2)25-29-20-7-5-6-8-21(20)37(25)27-32-24-23(26(33-27)35-13-15-39-16-14-35)30-22(31-24)17-34-9-11-36(12-10-34)28(3,4)18-38/h5-8,19,38H,9-18H2,1-4H3,(H,30,31,32,33). The van der Waals surface area contributed by atoms with Gasteiger partial charge in [-0.3, -0.25) is 14.4 Å². The molecule has 0 unspecified atom stereocenters. The second-order valence-corrected chi connectivity index (χ2v) is 11.5. The van der Waals surface area contributed by atoms with Crippen LogP contribution >= 0.6 is 0 Å². The zero-order valence-corrected chi connectivity index (χ0v) is 23.4. The van der Waals surface area contributed by atoms with Crippen molar-refractivity contribution in [3.8, 4) is 5.95 Å². The molecule has 3 aromatic heterocycles. The summed E-state index contributed by atoms with van der Waals surface area (Å²) in [6.07, 6.45) is 0. The van der Waals surface area contributed by atoms with Gasteiger partial charge in [-0.05, 0) is 26.0 Å². The second-order valence-electron chi connectivity index (χ2n) is 11.5. The van der Waals surface area contributed by atoms with Crippen LogP contribution in [0.5, 0.6) is 0 Å². The number of anilines is 1. The van der Waals surface area contributed by atoms with Gasteiger partial charge in [-0.25, -0.2) is 9.97 Å². The van der Waals surface area contributed by atoms with E-state index in [-0.39, 0.29) is 18.1 Å². The van der Waals surface area contributed by atoms with Crippen molar-refractivity contribution in [2.75, 3.05) is 64.0 Å². The minimum atomic E-state index is -0.198. The minimum absolute atomic E-state index is 0.159. The van der Waals surface area contributed by atoms with Gasteiger partial charge in [0.1, 0.15) is 11.6 Å². The van der Waals surface area contributed by atoms with Crippen LogP contribution in [0.15, 0.2) is 24.3 Å². The third-order valence-electron chi connectivity index (χ3n) is 7.97. The highest BCUT2D eigenvalue weighted by molar-refractivity contribution is 5.85. The van der Waals surface area contributed by atoms with Gasteiger partial charge in [-0.15, -0.1) is 0 Å². The molecule has 11 nitrogen and oxygen atoms in total. The predicted octanol–water partition coefficient (Wildman–Crippen LogP) is 2.54. The number of aromatic amines is 1. The summed E-state index contributed by atoms with van der Waals surface area (Å²) in [5.41, 5.74) is 3.27. The van der Waals surface area contributed by atoms with Crippen LogP contribution in [0, 0.1) is 0 Å². The van der Waals surface area contributed by atoms with Crippen molar-refractivity contribution in [2.24, 2.45) is 0 Å². The number of imidazole rings is 2. The number of rotatable bonds is 7. The molecule has 2 N–H and O–H groups in total. The Kier molecular flexibility index (Phi) is 7.00. The number of morpholine rings is 1. The molecule has 0 spiro atoms. The molecule has 2 aliphatic heterocycles. The molecule has 0 saturated carbocycles. The number of nitrogens with zero attached hydrogens (tertiary/aromatic N) is 8. The van der Waals surface area contributed by atoms with E-state index in [1.54, 1.807) is 0 Å². The topological polar surface area (TPSA) is 111 Å². The Morgan fingerprint density at radius 1 is 0.974 bits per heavy atom. The molecule has 39 heavy (non-hydrogen) atoms. The van der Waals surface area contributed by atoms with Gasteiger partial charge in [0.05, 0.1) is 37.4 Å². The van der Waals surface area contributed by atoms with E-state index in [4.69, 9.17) is 24.7 Å². The number of benzene rings is 1. The van der Waals surface area contributed by atoms with Crippen LogP contribution in [0.25, 0.3) is 28.1 Å². The summed E-state index contributed by atoms with van der Waals surface area (Å²) in [4.78, 5) is 30.6. The summed E-state index contributed by atoms with van der Waals surface area (Å²) >= 11 is 0. The quantitative estimate of drug-likeness (QED) is 0.370. The fourth-order valence-corrected chi connectivity index (χ4v) is 5.56. The van der Waals surface area contributed by atoms with Gasteiger partial charge in [0.15, 0.2) is 17.0 Å². The number of aliphatic hydroxyl groups is 1. The number of aromatic nitrogens is 6. The molecule has 0 radical (unpaired) electrons. The van der Waals surface area contributed by atoms with Crippen molar-refractivity contribution < 1.29 is 9.84 Å². The smallest absolute Gasteiger partial charge is 0.239 e. The number of aliphatic hydroxyl groups excluding tert-OH is 1. The maximum absolute atomic E-state index is 9.76. The van der Waals surface area contributed by atoms with Gasteiger partial charge < -0.3 is 19.7 Å². The van der Waals surface area contributed by atoms with Gasteiger partial charge in [-0.2, -0.15) is 9.97 Å². The predicted molar refractivity (Wildman–Crippen MR) is 151 cm³/mol. The Morgan fingerprint density at radius 2 is 1.72 bits per heavy atom. The van der Waals surface area contributed by atoms with E-state index < -0.39 is 0 Å². The fourth-order valence-electron chi connectivity index (χ4n) is 5.56. The van der Waals surface area contributed by atoms with Crippen molar-refractivity contribution in [3.63, 3.8) is 0 Å². The summed E-state index contributed by atoms with van der Waals surface area (Å²) in [6.45, 7) is 15.9. The highest BCUT2D eigenvalue weighted by Crippen LogP contribution is 2.29. The van der Waals surface area contributed by atoms with Crippen molar-refractivity contribution >= 4 is 28.0 Å². The number of piperazine rings is 1. The lowest BCUT2D eigenvalue weighted by molar-refractivity contribution is 0.0143. The van der Waals surface area contributed by atoms with E-state index >= 15 is 0 Å². The molecule has 2 aliphatic rings. The van der Waals surface area contributed by atoms with Crippen molar-refractivity contribution in [1.82, 2.24) is 39.3 Å². The Balaban J connectivity index is 1.37. The van der Waals surface area contributed by atoms with E-state index in [2.05, 4.69) is 58.0 Å². The Bertz CT molecular complexity index is 1450. The van der Waals surface area contributed by atoms with E-state index in [0.717, 1.165) is 78.9 Å². The molecule has 0 aliphatic carbocycles. The molecule has 1 aromatic carbocycles. The molecule has 0 amide bonds. The molecular formula is C28H39N9O2. The van der Waals surface area contributed by atoms with Crippen molar-refractivity contribution in [2.45, 2.75) is 45.7 Å². The summed E-state index contributed by atoms with van der Waals surface area (Å²) in [5.74, 6) is 3.47. The maximum atomic E-state index is 9.76. The largest absolute Gasteiger partial charge is 0.394 e. The first-order valence-electron chi connectivity index (χ1n) is 14.0. The van der Waals surface area contributed by atoms with Crippen LogP contribution in [0.2, 0.25) is 0 Å². The monoisotopic (exact) mass is 533 g/mol. The number of hydrogen-bond acceptors (Lipinski definition) is 9. The maximum Gasteiger partial charge on any atom is 0.239 e. The Morgan fingerprint density at radius 3 is 2.44 bits per heavy atom. The molecule has 2 saturated heterocycles. The van der Waals surface area contributed by atoms with E-state index in [0.29, 0.717) is 25.7 Å².